The third-order valence-corrected chi connectivity index (χ3v) is 2.14. The molecule has 0 saturated carbocycles. The molecule has 0 atom stereocenters. The molecule has 0 aliphatic rings. The highest BCUT2D eigenvalue weighted by Gasteiger charge is 2.08. The summed E-state index contributed by atoms with van der Waals surface area (Å²) in [6, 6.07) is 0. The van der Waals surface area contributed by atoms with E-state index in [1.807, 2.05) is 4.57 Å². The van der Waals surface area contributed by atoms with E-state index in [1.165, 1.54) is 6.33 Å². The smallest absolute Gasteiger partial charge is 0.245 e. The van der Waals surface area contributed by atoms with Gasteiger partial charge < -0.3 is 9.30 Å². The van der Waals surface area contributed by atoms with Gasteiger partial charge in [-0.05, 0) is 0 Å². The summed E-state index contributed by atoms with van der Waals surface area (Å²) < 4.78 is 6.90. The summed E-state index contributed by atoms with van der Waals surface area (Å²) in [6.07, 6.45) is 3.10. The number of imidazole rings is 1. The van der Waals surface area contributed by atoms with Crippen molar-refractivity contribution in [2.45, 2.75) is 6.54 Å². The zero-order valence-corrected chi connectivity index (χ0v) is 9.40. The molecule has 16 heavy (non-hydrogen) atoms. The van der Waals surface area contributed by atoms with Crippen LogP contribution < -0.4 is 4.74 Å². The molecule has 2 aromatic rings. The molecule has 0 aliphatic carbocycles. The minimum atomic E-state index is 0.324. The first kappa shape index (κ1) is 10.7. The zero-order valence-electron chi connectivity index (χ0n) is 8.64. The average Bonchev–Trinajstić information content (AvgIpc) is 2.73. The molecule has 2 heterocycles. The molecule has 0 unspecified atom stereocenters. The van der Waals surface area contributed by atoms with Crippen LogP contribution in [-0.2, 0) is 6.54 Å². The first-order chi connectivity index (χ1) is 7.86. The zero-order chi connectivity index (χ0) is 11.4. The second-order valence-corrected chi connectivity index (χ2v) is 3.18. The van der Waals surface area contributed by atoms with Gasteiger partial charge in [-0.15, -0.1) is 11.6 Å². The van der Waals surface area contributed by atoms with Crippen LogP contribution in [0.25, 0.3) is 11.2 Å². The van der Waals surface area contributed by atoms with Crippen LogP contribution in [0.5, 0.6) is 5.88 Å². The lowest BCUT2D eigenvalue weighted by Gasteiger charge is -1.99. The largest absolute Gasteiger partial charge is 0.479 e. The summed E-state index contributed by atoms with van der Waals surface area (Å²) in [5.74, 6) is 6.47. The number of fused-ring (bicyclic) bond motifs is 1. The van der Waals surface area contributed by atoms with E-state index in [-0.39, 0.29) is 0 Å². The monoisotopic (exact) mass is 236 g/mol. The number of ether oxygens (including phenoxy) is 1. The Morgan fingerprint density at radius 3 is 3.00 bits per heavy atom. The summed E-state index contributed by atoms with van der Waals surface area (Å²) >= 11 is 5.46. The first-order valence-corrected chi connectivity index (χ1v) is 5.11. The molecule has 0 N–H and O–H groups in total. The second-order valence-electron chi connectivity index (χ2n) is 2.91. The van der Waals surface area contributed by atoms with E-state index in [4.69, 9.17) is 16.3 Å². The van der Waals surface area contributed by atoms with Crippen LogP contribution in [0.4, 0.5) is 0 Å². The standard InChI is InChI=1S/C10H9ClN4O/c1-16-10-8-9(12-6-13-10)15(7-14-8)5-3-2-4-11/h6-7H,4-5H2,1H3. The minimum Gasteiger partial charge on any atom is -0.479 e. The van der Waals surface area contributed by atoms with E-state index in [9.17, 15) is 0 Å². The van der Waals surface area contributed by atoms with Crippen LogP contribution in [0.15, 0.2) is 12.7 Å². The molecule has 5 nitrogen and oxygen atoms in total. The number of aromatic nitrogens is 4. The van der Waals surface area contributed by atoms with Crippen LogP contribution in [0.1, 0.15) is 0 Å². The van der Waals surface area contributed by atoms with Gasteiger partial charge in [-0.1, -0.05) is 11.8 Å². The normalized spacial score (nSPS) is 9.88. The second kappa shape index (κ2) is 4.81. The number of rotatable bonds is 2. The lowest BCUT2D eigenvalue weighted by molar-refractivity contribution is 0.401. The molecule has 2 aromatic heterocycles. The number of methoxy groups -OCH3 is 1. The predicted molar refractivity (Wildman–Crippen MR) is 60.4 cm³/mol. The lowest BCUT2D eigenvalue weighted by Crippen LogP contribution is -1.96. The quantitative estimate of drug-likeness (QED) is 0.578. The molecule has 2 rings (SSSR count). The Labute approximate surface area is 97.4 Å². The van der Waals surface area contributed by atoms with Gasteiger partial charge in [0.1, 0.15) is 6.33 Å². The number of alkyl halides is 1. The third-order valence-electron chi connectivity index (χ3n) is 2.00. The van der Waals surface area contributed by atoms with Crippen molar-refractivity contribution in [3.63, 3.8) is 0 Å². The van der Waals surface area contributed by atoms with Crippen molar-refractivity contribution in [3.8, 4) is 17.7 Å². The van der Waals surface area contributed by atoms with E-state index in [0.29, 0.717) is 29.5 Å². The summed E-state index contributed by atoms with van der Waals surface area (Å²) in [5.41, 5.74) is 1.34. The van der Waals surface area contributed by atoms with Crippen LogP contribution in [0, 0.1) is 11.8 Å². The first-order valence-electron chi connectivity index (χ1n) is 4.58. The molecule has 0 aliphatic heterocycles. The molecule has 6 heteroatoms. The summed E-state index contributed by atoms with van der Waals surface area (Å²) in [4.78, 5) is 12.3. The number of halogens is 1. The van der Waals surface area contributed by atoms with Crippen molar-refractivity contribution in [3.05, 3.63) is 12.7 Å². The van der Waals surface area contributed by atoms with Crippen LogP contribution in [-0.4, -0.2) is 32.5 Å². The van der Waals surface area contributed by atoms with Gasteiger partial charge in [0.25, 0.3) is 0 Å². The summed E-state index contributed by atoms with van der Waals surface area (Å²) in [5, 5.41) is 0. The van der Waals surface area contributed by atoms with Crippen LogP contribution >= 0.6 is 11.6 Å². The molecule has 0 radical (unpaired) electrons. The highest BCUT2D eigenvalue weighted by molar-refractivity contribution is 6.19. The molecule has 82 valence electrons. The molecule has 0 aromatic carbocycles. The number of hydrogen-bond acceptors (Lipinski definition) is 4. The third kappa shape index (κ3) is 1.92. The average molecular weight is 237 g/mol. The van der Waals surface area contributed by atoms with Gasteiger partial charge in [0.2, 0.25) is 5.88 Å². The molecule has 0 spiro atoms. The van der Waals surface area contributed by atoms with Gasteiger partial charge in [0.05, 0.1) is 25.9 Å². The Morgan fingerprint density at radius 1 is 1.38 bits per heavy atom. The summed E-state index contributed by atoms with van der Waals surface area (Å²) in [6.45, 7) is 0.503. The molecule has 0 amide bonds. The van der Waals surface area contributed by atoms with Gasteiger partial charge in [-0.3, -0.25) is 0 Å². The van der Waals surface area contributed by atoms with E-state index >= 15 is 0 Å². The van der Waals surface area contributed by atoms with Gasteiger partial charge in [0.15, 0.2) is 11.2 Å². The minimum absolute atomic E-state index is 0.324. The van der Waals surface area contributed by atoms with Gasteiger partial charge in [-0.2, -0.15) is 4.98 Å². The molecule has 0 fully saturated rings. The van der Waals surface area contributed by atoms with Crippen molar-refractivity contribution in [1.82, 2.24) is 19.5 Å². The van der Waals surface area contributed by atoms with Gasteiger partial charge >= 0.3 is 0 Å². The highest BCUT2D eigenvalue weighted by atomic mass is 35.5. The van der Waals surface area contributed by atoms with Crippen molar-refractivity contribution >= 4 is 22.8 Å². The van der Waals surface area contributed by atoms with Crippen LogP contribution in [0.2, 0.25) is 0 Å². The van der Waals surface area contributed by atoms with Crippen molar-refractivity contribution in [2.75, 3.05) is 13.0 Å². The Balaban J connectivity index is 2.41. The van der Waals surface area contributed by atoms with E-state index in [0.717, 1.165) is 0 Å². The Kier molecular flexibility index (Phi) is 3.22. The Bertz CT molecular complexity index is 555. The van der Waals surface area contributed by atoms with Crippen molar-refractivity contribution < 1.29 is 4.74 Å². The fourth-order valence-electron chi connectivity index (χ4n) is 1.31. The molecular weight excluding hydrogens is 228 g/mol. The van der Waals surface area contributed by atoms with E-state index < -0.39 is 0 Å². The van der Waals surface area contributed by atoms with E-state index in [2.05, 4.69) is 26.8 Å². The number of hydrogen-bond donors (Lipinski definition) is 0. The Morgan fingerprint density at radius 2 is 2.25 bits per heavy atom. The SMILES string of the molecule is COc1ncnc2c1ncn2CC#CCCl. The topological polar surface area (TPSA) is 52.8 Å². The fourth-order valence-corrected chi connectivity index (χ4v) is 1.41. The Hall–Kier alpha value is -1.80. The maximum absolute atomic E-state index is 5.46. The maximum Gasteiger partial charge on any atom is 0.245 e. The van der Waals surface area contributed by atoms with Crippen molar-refractivity contribution in [2.24, 2.45) is 0 Å². The molecule has 0 bridgehead atoms. The van der Waals surface area contributed by atoms with Crippen LogP contribution in [0.3, 0.4) is 0 Å². The van der Waals surface area contributed by atoms with Crippen molar-refractivity contribution in [1.29, 1.82) is 0 Å². The highest BCUT2D eigenvalue weighted by Crippen LogP contribution is 2.18. The van der Waals surface area contributed by atoms with Gasteiger partial charge in [-0.25, -0.2) is 9.97 Å². The molecular formula is C10H9ClN4O. The number of nitrogens with zero attached hydrogens (tertiary/aromatic N) is 4. The maximum atomic E-state index is 5.46. The fraction of sp³-hybridized carbons (Fsp3) is 0.300. The molecule has 0 saturated heterocycles. The predicted octanol–water partition coefficient (Wildman–Crippen LogP) is 1.08. The van der Waals surface area contributed by atoms with Gasteiger partial charge in [0, 0.05) is 0 Å². The van der Waals surface area contributed by atoms with E-state index in [1.54, 1.807) is 13.4 Å². The summed E-state index contributed by atoms with van der Waals surface area (Å²) in [7, 11) is 1.55. The lowest BCUT2D eigenvalue weighted by atomic mass is 10.5.